The van der Waals surface area contributed by atoms with Crippen LogP contribution in [0.5, 0.6) is 0 Å². The van der Waals surface area contributed by atoms with Gasteiger partial charge in [0, 0.05) is 28.7 Å². The minimum absolute atomic E-state index is 0. The second-order valence-corrected chi connectivity index (χ2v) is 8.17. The SMILES string of the molecule is C.C.O=S(=O)(O)O.O=S(=O)([O-])[O-].O=[Si]([O-])[O-].O=[Si]([O-])[O-].O=[Si]=O.O=[Si]=O.O[Si](O)(O)O.O[Si](O)(O)O.[Na+].[Na+].[Na+].[Na+].[Na+].[Na+]. The maximum atomic E-state index is 8.74. The van der Waals surface area contributed by atoms with Crippen molar-refractivity contribution >= 4 is 75.8 Å². The molecule has 0 aliphatic heterocycles. The van der Waals surface area contributed by atoms with Crippen LogP contribution in [0, 0.1) is 0 Å². The van der Waals surface area contributed by atoms with Gasteiger partial charge in [-0.25, -0.2) is 0 Å². The third kappa shape index (κ3) is 3840. The van der Waals surface area contributed by atoms with E-state index in [4.69, 9.17) is 119 Å². The summed E-state index contributed by atoms with van der Waals surface area (Å²) in [4.78, 5) is 92.7. The second-order valence-electron chi connectivity index (χ2n) is 2.72. The summed E-state index contributed by atoms with van der Waals surface area (Å²) in [7, 11) is -29.1. The van der Waals surface area contributed by atoms with Crippen LogP contribution in [0.3, 0.4) is 0 Å². The van der Waals surface area contributed by atoms with Gasteiger partial charge in [-0.2, -0.15) is 8.42 Å². The Bertz CT molecular complexity index is 666. The van der Waals surface area contributed by atoms with Crippen LogP contribution in [0.2, 0.25) is 0 Å². The predicted molar refractivity (Wildman–Crippen MR) is 94.5 cm³/mol. The van der Waals surface area contributed by atoms with Gasteiger partial charge in [-0.05, 0) is 0 Å². The first-order chi connectivity index (χ1) is 14.3. The molecule has 0 radical (unpaired) electrons. The van der Waals surface area contributed by atoms with Gasteiger partial charge in [0.25, 0.3) is 0 Å². The van der Waals surface area contributed by atoms with Crippen LogP contribution in [-0.2, 0) is 47.6 Å². The van der Waals surface area contributed by atoms with Gasteiger partial charge < -0.3 is 75.6 Å². The van der Waals surface area contributed by atoms with Crippen molar-refractivity contribution in [3.63, 3.8) is 0 Å². The fourth-order valence-electron chi connectivity index (χ4n) is 0. The number of hydrogen-bond donors (Lipinski definition) is 10. The molecule has 224 valence electrons. The first-order valence-corrected chi connectivity index (χ1v) is 15.6. The van der Waals surface area contributed by atoms with Gasteiger partial charge in [-0.3, -0.25) is 35.4 Å². The predicted octanol–water partition coefficient (Wildman–Crippen LogP) is -30.9. The van der Waals surface area contributed by atoms with Crippen molar-refractivity contribution in [2.75, 3.05) is 0 Å². The zero-order valence-electron chi connectivity index (χ0n) is 20.8. The van der Waals surface area contributed by atoms with Crippen LogP contribution in [0.15, 0.2) is 0 Å². The zero-order valence-corrected chi connectivity index (χ0v) is 40.5. The Morgan fingerprint density at radius 2 is 0.500 bits per heavy atom. The number of hydrogen-bond acceptors (Lipinski definition) is 24. The maximum Gasteiger partial charge on any atom is 1.00 e. The third-order valence-electron chi connectivity index (χ3n) is 0. The fourth-order valence-corrected chi connectivity index (χ4v) is 0. The van der Waals surface area contributed by atoms with Crippen LogP contribution in [0.25, 0.3) is 0 Å². The van der Waals surface area contributed by atoms with Crippen molar-refractivity contribution < 1.29 is 297 Å². The molecule has 0 aliphatic carbocycles. The molecule has 0 atom stereocenters. The zero-order chi connectivity index (χ0) is 30.6. The van der Waals surface area contributed by atoms with Gasteiger partial charge in [0.1, 0.15) is 0 Å². The average Bonchev–Trinajstić information content (AvgIpc) is 2.28. The molecule has 0 aromatic heterocycles. The van der Waals surface area contributed by atoms with Gasteiger partial charge >= 0.3 is 224 Å². The van der Waals surface area contributed by atoms with Gasteiger partial charge in [0.15, 0.2) is 0 Å². The van der Waals surface area contributed by atoms with E-state index in [1.54, 1.807) is 0 Å². The summed E-state index contributed by atoms with van der Waals surface area (Å²) < 4.78 is 116. The van der Waals surface area contributed by atoms with Crippen molar-refractivity contribution in [3.8, 4) is 0 Å². The molecule has 0 aromatic carbocycles. The molecule has 10 N–H and O–H groups in total. The summed E-state index contributed by atoms with van der Waals surface area (Å²) in [6.07, 6.45) is 0. The Balaban J connectivity index is -0.0000000129. The molecule has 0 saturated heterocycles. The van der Waals surface area contributed by atoms with E-state index in [1.165, 1.54) is 0 Å². The molecule has 0 heterocycles. The summed E-state index contributed by atoms with van der Waals surface area (Å²) in [5, 5.41) is 0. The molecule has 0 spiro atoms. The molecule has 0 rings (SSSR count). The monoisotopic (exact) mass is 828 g/mol. The molecule has 0 amide bonds. The Hall–Kier alpha value is 4.72. The van der Waals surface area contributed by atoms with Crippen LogP contribution in [0.4, 0.5) is 0 Å². The van der Waals surface area contributed by atoms with Crippen molar-refractivity contribution in [2.45, 2.75) is 14.9 Å². The summed E-state index contributed by atoms with van der Waals surface area (Å²) >= 11 is 0. The smallest absolute Gasteiger partial charge is 0.759 e. The average molecular weight is 829 g/mol. The molecule has 0 fully saturated rings. The quantitative estimate of drug-likeness (QED) is 0.0615. The van der Waals surface area contributed by atoms with Crippen LogP contribution >= 0.6 is 0 Å². The topological polar surface area (TPSA) is 511 Å². The molecule has 40 heteroatoms. The molecule has 0 aliphatic rings. The van der Waals surface area contributed by atoms with E-state index < -0.39 is 75.8 Å². The molecule has 0 bridgehead atoms. The standard InChI is InChI=1S/2CH4.6Na.2H2O4S.2H4O4Si.2O3Si.2O2Si/c;;;;;;;;4*1-5(2,3)4;2*1-4(2)3;2*1-3-2/h2*1H4;;;;;;;2*(H2,1,2,3,4);2*1-4H;;;;/q;;6*+1;;;;;2*-2;;/p-2. The van der Waals surface area contributed by atoms with E-state index in [0.29, 0.717) is 0 Å². The Labute approximate surface area is 380 Å². The second kappa shape index (κ2) is 67.8. The minimum atomic E-state index is -5.17. The summed E-state index contributed by atoms with van der Waals surface area (Å²) in [6, 6.07) is 0. The Kier molecular flexibility index (Phi) is 167. The van der Waals surface area contributed by atoms with Crippen molar-refractivity contribution in [1.29, 1.82) is 0 Å². The molecule has 0 unspecified atom stereocenters. The Morgan fingerprint density at radius 1 is 0.500 bits per heavy atom. The van der Waals surface area contributed by atoms with Crippen molar-refractivity contribution in [2.24, 2.45) is 0 Å². The van der Waals surface area contributed by atoms with Crippen molar-refractivity contribution in [1.82, 2.24) is 0 Å². The van der Waals surface area contributed by atoms with E-state index in [2.05, 4.69) is 0 Å². The van der Waals surface area contributed by atoms with Gasteiger partial charge in [-0.15, -0.1) is 0 Å². The molecule has 0 saturated carbocycles. The molecule has 0 aromatic rings. The normalized spacial score (nSPS) is 7.14. The van der Waals surface area contributed by atoms with Crippen LogP contribution in [-0.4, -0.2) is 128 Å². The fraction of sp³-hybridized carbons (Fsp3) is 1.00. The van der Waals surface area contributed by atoms with E-state index in [-0.39, 0.29) is 192 Å². The maximum absolute atomic E-state index is 8.74. The van der Waals surface area contributed by atoms with Gasteiger partial charge in [0.2, 0.25) is 0 Å². The van der Waals surface area contributed by atoms with Crippen LogP contribution in [0.1, 0.15) is 14.9 Å². The number of rotatable bonds is 0. The van der Waals surface area contributed by atoms with E-state index in [1.807, 2.05) is 0 Å². The minimum Gasteiger partial charge on any atom is -0.759 e. The first kappa shape index (κ1) is 103. The van der Waals surface area contributed by atoms with E-state index in [0.717, 1.165) is 0 Å². The molecule has 26 nitrogen and oxygen atoms in total. The molecular formula is C2H18Na6O26S2Si6. The summed E-state index contributed by atoms with van der Waals surface area (Å²) in [5.41, 5.74) is 0. The van der Waals surface area contributed by atoms with Gasteiger partial charge in [-0.1, -0.05) is 14.9 Å². The largest absolute Gasteiger partial charge is 1.00 e. The van der Waals surface area contributed by atoms with Gasteiger partial charge in [0.05, 0.1) is 0 Å². The summed E-state index contributed by atoms with van der Waals surface area (Å²) in [5.74, 6) is 0. The van der Waals surface area contributed by atoms with Crippen molar-refractivity contribution in [3.05, 3.63) is 0 Å². The third-order valence-corrected chi connectivity index (χ3v) is 0. The first-order valence-electron chi connectivity index (χ1n) is 5.20. The van der Waals surface area contributed by atoms with E-state index >= 15 is 0 Å². The Morgan fingerprint density at radius 3 is 0.500 bits per heavy atom. The molecular weight excluding hydrogens is 811 g/mol. The van der Waals surface area contributed by atoms with Crippen LogP contribution < -0.4 is 197 Å². The molecule has 42 heavy (non-hydrogen) atoms. The summed E-state index contributed by atoms with van der Waals surface area (Å²) in [6.45, 7) is 0. The van der Waals surface area contributed by atoms with E-state index in [9.17, 15) is 0 Å².